The molecule has 5 rings (SSSR count). The fourth-order valence-electron chi connectivity index (χ4n) is 10.3. The number of nitrogens with zero attached hydrogens (tertiary/aromatic N) is 5. The highest BCUT2D eigenvalue weighted by Crippen LogP contribution is 2.31. The van der Waals surface area contributed by atoms with Gasteiger partial charge in [-0.3, -0.25) is 43.5 Å². The Bertz CT molecular complexity index is 2990. The number of carboxylic acid groups (broad SMARTS) is 1. The lowest BCUT2D eigenvalue weighted by molar-refractivity contribution is -0.144. The minimum atomic E-state index is -1.07. The van der Waals surface area contributed by atoms with Crippen LogP contribution in [0.25, 0.3) is 0 Å². The van der Waals surface area contributed by atoms with E-state index in [9.17, 15) is 47.9 Å². The van der Waals surface area contributed by atoms with Crippen LogP contribution in [0, 0.1) is 10.8 Å². The number of amides is 9. The lowest BCUT2D eigenvalue weighted by Crippen LogP contribution is -2.60. The van der Waals surface area contributed by atoms with Crippen molar-refractivity contribution in [3.8, 4) is 0 Å². The van der Waals surface area contributed by atoms with Crippen molar-refractivity contribution >= 4 is 59.7 Å². The third-order valence-electron chi connectivity index (χ3n) is 16.5. The monoisotopic (exact) mass is 1370 g/mol. The van der Waals surface area contributed by atoms with Crippen LogP contribution in [0.15, 0.2) is 84.9 Å². The number of rotatable bonds is 24. The second-order valence-corrected chi connectivity index (χ2v) is 30.5. The van der Waals surface area contributed by atoms with Gasteiger partial charge >= 0.3 is 24.2 Å². The molecule has 25 nitrogen and oxygen atoms in total. The van der Waals surface area contributed by atoms with Crippen LogP contribution in [0.1, 0.15) is 160 Å². The standard InChI is InChI=1S/C64H94N8O12.C9H17NO4/c1-41(69(15)59(79)83-63(9,10)11)53(73)67-51(61(3,4)5)57(77)71-37-47(35-49(71)55(75)65-33-31-43-23-19-17-20-24-43)81-39-45-27-29-46(30-28-45)40-82-48-36-50(56(76)66-34-32-44-25-21-18-22-26-44)72(38-48)58(78)52(62(6,7)8)68-54(74)42(2)70(16)60(80)84-64(12,13)14;1-6(7(11)12)10(5)8(13)14-9(2,3)4/h17-30,41-42,47-52H,31-40H2,1-16H3,(H,65,75)(H,66,76)(H,67,73)(H,68,74);6H,1-5H3,(H,11,12)/t41-,42-,47-,48-,49-,50-,51+,52+;6-/m00/s1. The van der Waals surface area contributed by atoms with Gasteiger partial charge in [-0.2, -0.15) is 0 Å². The molecule has 0 bridgehead atoms. The maximum atomic E-state index is 14.8. The lowest BCUT2D eigenvalue weighted by Gasteiger charge is -2.36. The van der Waals surface area contributed by atoms with E-state index in [0.29, 0.717) is 25.9 Å². The predicted molar refractivity (Wildman–Crippen MR) is 371 cm³/mol. The summed E-state index contributed by atoms with van der Waals surface area (Å²) in [4.78, 5) is 139. The second-order valence-electron chi connectivity index (χ2n) is 30.5. The fraction of sp³-hybridized carbons (Fsp3) is 0.616. The Morgan fingerprint density at radius 1 is 0.459 bits per heavy atom. The first kappa shape index (κ1) is 82.1. The molecule has 25 heteroatoms. The van der Waals surface area contributed by atoms with Crippen molar-refractivity contribution < 1.29 is 76.7 Å². The lowest BCUT2D eigenvalue weighted by atomic mass is 9.85. The summed E-state index contributed by atoms with van der Waals surface area (Å²) in [7, 11) is 4.32. The average Bonchev–Trinajstić information content (AvgIpc) is 1.62. The zero-order valence-corrected chi connectivity index (χ0v) is 61.7. The Morgan fingerprint density at radius 3 is 1.03 bits per heavy atom. The average molecular weight is 1370 g/mol. The van der Waals surface area contributed by atoms with Crippen LogP contribution in [-0.2, 0) is 83.3 Å². The highest BCUT2D eigenvalue weighted by atomic mass is 16.6. The van der Waals surface area contributed by atoms with Crippen LogP contribution in [0.4, 0.5) is 14.4 Å². The third kappa shape index (κ3) is 26.2. The topological polar surface area (TPSA) is 301 Å². The summed E-state index contributed by atoms with van der Waals surface area (Å²) >= 11 is 0. The second kappa shape index (κ2) is 35.4. The first-order chi connectivity index (χ1) is 45.3. The predicted octanol–water partition coefficient (Wildman–Crippen LogP) is 8.28. The summed E-state index contributed by atoms with van der Waals surface area (Å²) in [5, 5.41) is 20.5. The van der Waals surface area contributed by atoms with E-state index in [1.165, 1.54) is 47.7 Å². The van der Waals surface area contributed by atoms with Crippen molar-refractivity contribution in [2.24, 2.45) is 10.8 Å². The van der Waals surface area contributed by atoms with Crippen LogP contribution >= 0.6 is 0 Å². The molecule has 0 saturated carbocycles. The quantitative estimate of drug-likeness (QED) is 0.0527. The Labute approximate surface area is 580 Å². The van der Waals surface area contributed by atoms with E-state index >= 15 is 0 Å². The molecule has 2 aliphatic heterocycles. The molecule has 0 aromatic heterocycles. The molecule has 3 aromatic carbocycles. The number of likely N-dealkylation sites (tertiary alicyclic amines) is 2. The van der Waals surface area contributed by atoms with E-state index in [1.54, 1.807) is 76.2 Å². The van der Waals surface area contributed by atoms with Gasteiger partial charge in [0, 0.05) is 60.2 Å². The first-order valence-corrected chi connectivity index (χ1v) is 33.5. The van der Waals surface area contributed by atoms with Crippen molar-refractivity contribution in [2.45, 2.75) is 235 Å². The maximum Gasteiger partial charge on any atom is 0.410 e. The van der Waals surface area contributed by atoms with Gasteiger partial charge in [0.05, 0.1) is 25.4 Å². The molecule has 2 aliphatic rings. The van der Waals surface area contributed by atoms with Gasteiger partial charge in [0.1, 0.15) is 59.1 Å². The molecule has 5 N–H and O–H groups in total. The Hall–Kier alpha value is -8.32. The van der Waals surface area contributed by atoms with Gasteiger partial charge in [-0.05, 0) is 129 Å². The Kier molecular flexibility index (Phi) is 29.7. The highest BCUT2D eigenvalue weighted by Gasteiger charge is 2.48. The molecule has 9 amide bonds. The van der Waals surface area contributed by atoms with Crippen LogP contribution in [0.3, 0.4) is 0 Å². The van der Waals surface area contributed by atoms with Gasteiger partial charge in [-0.15, -0.1) is 0 Å². The van der Waals surface area contributed by atoms with E-state index in [-0.39, 0.29) is 51.0 Å². The third-order valence-corrected chi connectivity index (χ3v) is 16.5. The molecule has 9 atom stereocenters. The molecule has 0 unspecified atom stereocenters. The Morgan fingerprint density at radius 2 is 0.755 bits per heavy atom. The molecule has 0 spiro atoms. The van der Waals surface area contributed by atoms with Gasteiger partial charge < -0.3 is 59.9 Å². The number of carbonyl (C=O) groups excluding carboxylic acids is 9. The fourth-order valence-corrected chi connectivity index (χ4v) is 10.3. The van der Waals surface area contributed by atoms with Crippen molar-refractivity contribution in [1.82, 2.24) is 45.8 Å². The minimum Gasteiger partial charge on any atom is -0.480 e. The van der Waals surface area contributed by atoms with Gasteiger partial charge in [-0.25, -0.2) is 19.2 Å². The van der Waals surface area contributed by atoms with Crippen molar-refractivity contribution in [3.63, 3.8) is 0 Å². The summed E-state index contributed by atoms with van der Waals surface area (Å²) < 4.78 is 28.9. The van der Waals surface area contributed by atoms with Crippen LogP contribution < -0.4 is 21.3 Å². The van der Waals surface area contributed by atoms with Crippen molar-refractivity contribution in [1.29, 1.82) is 0 Å². The molecule has 2 heterocycles. The number of ether oxygens (including phenoxy) is 5. The summed E-state index contributed by atoms with van der Waals surface area (Å²) in [5.74, 6) is -3.77. The molecule has 0 aliphatic carbocycles. The number of carbonyl (C=O) groups is 10. The van der Waals surface area contributed by atoms with Crippen LogP contribution in [0.2, 0.25) is 0 Å². The van der Waals surface area contributed by atoms with Crippen molar-refractivity contribution in [2.75, 3.05) is 47.3 Å². The Balaban J connectivity index is 0.00000130. The van der Waals surface area contributed by atoms with Crippen molar-refractivity contribution in [3.05, 3.63) is 107 Å². The minimum absolute atomic E-state index is 0.0811. The number of hydrogen-bond donors (Lipinski definition) is 5. The molecule has 2 fully saturated rings. The zero-order chi connectivity index (χ0) is 74.0. The van der Waals surface area contributed by atoms with Gasteiger partial charge in [-0.1, -0.05) is 126 Å². The molecule has 98 heavy (non-hydrogen) atoms. The molecule has 0 radical (unpaired) electrons. The molecular weight excluding hydrogens is 1260 g/mol. The molecule has 3 aromatic rings. The van der Waals surface area contributed by atoms with Gasteiger partial charge in [0.25, 0.3) is 0 Å². The first-order valence-electron chi connectivity index (χ1n) is 33.5. The number of likely N-dealkylation sites (N-methyl/N-ethyl adjacent to an activating group) is 3. The molecule has 544 valence electrons. The summed E-state index contributed by atoms with van der Waals surface area (Å²) in [6.07, 6.45) is -1.51. The SMILES string of the molecule is C[C@@H](C(=O)N[C@H](C(=O)N1C[C@@H](OCc2ccc(CO[C@H]3C[C@@H](C(=O)NCCc4ccccc4)N(C(=O)[C@@H](NC(=O)[C@H](C)N(C)C(=O)OC(C)(C)C)C(C)(C)C)C3)cc2)C[C@H]1C(=O)NCCc1ccccc1)C(C)(C)C)N(C)C(=O)OC(C)(C)C.C[C@@H](C(=O)O)N(C)C(=O)OC(C)(C)C. The van der Waals surface area contributed by atoms with Gasteiger partial charge in [0.2, 0.25) is 35.4 Å². The largest absolute Gasteiger partial charge is 0.480 e. The van der Waals surface area contributed by atoms with Gasteiger partial charge in [0.15, 0.2) is 0 Å². The van der Waals surface area contributed by atoms with E-state index in [2.05, 4.69) is 21.3 Å². The molecular formula is C73H111N9O16. The highest BCUT2D eigenvalue weighted by molar-refractivity contribution is 5.96. The van der Waals surface area contributed by atoms with E-state index in [1.807, 2.05) is 126 Å². The summed E-state index contributed by atoms with van der Waals surface area (Å²) in [6.45, 7) is 32.2. The smallest absolute Gasteiger partial charge is 0.410 e. The van der Waals surface area contributed by atoms with E-state index < -0.39 is 130 Å². The normalized spacial score (nSPS) is 18.0. The number of hydrogen-bond acceptors (Lipinski definition) is 15. The van der Waals surface area contributed by atoms with Crippen LogP contribution in [0.5, 0.6) is 0 Å². The zero-order valence-electron chi connectivity index (χ0n) is 61.7. The maximum absolute atomic E-state index is 14.8. The molecule has 2 saturated heterocycles. The number of benzene rings is 3. The number of nitrogens with one attached hydrogen (secondary N) is 4. The summed E-state index contributed by atoms with van der Waals surface area (Å²) in [6, 6.07) is 20.3. The summed E-state index contributed by atoms with van der Waals surface area (Å²) in [5.41, 5.74) is -0.0565. The van der Waals surface area contributed by atoms with E-state index in [4.69, 9.17) is 28.8 Å². The van der Waals surface area contributed by atoms with Crippen LogP contribution in [-0.4, -0.2) is 208 Å². The number of carboxylic acids is 1. The number of aliphatic carboxylic acids is 1. The van der Waals surface area contributed by atoms with E-state index in [0.717, 1.165) is 27.2 Å².